The Labute approximate surface area is 96.3 Å². The average Bonchev–Trinajstić information content (AvgIpc) is 2.05. The van der Waals surface area contributed by atoms with Gasteiger partial charge < -0.3 is 9.90 Å². The normalized spacial score (nSPS) is 8.00. The number of carboxylic acid groups (broad SMARTS) is 1. The second kappa shape index (κ2) is 5.61. The molecular weight excluding hydrogens is 181 g/mol. The molecule has 0 amide bonds. The number of rotatable bonds is 2. The van der Waals surface area contributed by atoms with Crippen molar-refractivity contribution >= 4 is 11.7 Å². The summed E-state index contributed by atoms with van der Waals surface area (Å²) in [6.07, 6.45) is 0. The molecule has 0 radical (unpaired) electrons. The Morgan fingerprint density at radius 2 is 2.08 bits per heavy atom. The minimum Gasteiger partial charge on any atom is -0.545 e. The summed E-state index contributed by atoms with van der Waals surface area (Å²) < 4.78 is 0. The van der Waals surface area contributed by atoms with E-state index in [1.54, 1.807) is 6.07 Å². The van der Waals surface area contributed by atoms with Gasteiger partial charge in [0.1, 0.15) is 0 Å². The molecule has 0 atom stereocenters. The molecule has 1 aromatic rings. The predicted molar refractivity (Wildman–Crippen MR) is 39.6 cm³/mol. The molecule has 0 saturated carbocycles. The maximum Gasteiger partial charge on any atom is 1.00 e. The van der Waals surface area contributed by atoms with Crippen LogP contribution in [0.3, 0.4) is 0 Å². The first-order valence-electron chi connectivity index (χ1n) is 3.11. The fourth-order valence-electron chi connectivity index (χ4n) is 0.782. The Bertz CT molecular complexity index is 340. The minimum atomic E-state index is -1.35. The summed E-state index contributed by atoms with van der Waals surface area (Å²) in [5.74, 6) is -1.35. The van der Waals surface area contributed by atoms with Crippen molar-refractivity contribution in [3.05, 3.63) is 40.3 Å². The smallest absolute Gasteiger partial charge is 0.545 e. The molecule has 1 aromatic carbocycles. The third-order valence-corrected chi connectivity index (χ3v) is 1.28. The molecule has 5 nitrogen and oxygen atoms in total. The third kappa shape index (κ3) is 3.08. The van der Waals surface area contributed by atoms with Gasteiger partial charge in [0.2, 0.25) is 0 Å². The number of carbonyl (C=O) groups excluding carboxylic acids is 1. The van der Waals surface area contributed by atoms with Crippen LogP contribution in [0.5, 0.6) is 0 Å². The van der Waals surface area contributed by atoms with Crippen LogP contribution in [0.15, 0.2) is 29.4 Å². The predicted octanol–water partition coefficient (Wildman–Crippen LogP) is -2.00. The van der Waals surface area contributed by atoms with Gasteiger partial charge in [0.15, 0.2) is 0 Å². The largest absolute Gasteiger partial charge is 1.00 e. The van der Waals surface area contributed by atoms with E-state index in [1.807, 2.05) is 0 Å². The van der Waals surface area contributed by atoms with Gasteiger partial charge in [-0.05, 0) is 5.53 Å². The van der Waals surface area contributed by atoms with Gasteiger partial charge in [-0.25, -0.2) is 0 Å². The number of hydrogen-bond acceptors (Lipinski definition) is 3. The summed E-state index contributed by atoms with van der Waals surface area (Å²) in [7, 11) is 0. The molecule has 6 heteroatoms. The van der Waals surface area contributed by atoms with E-state index >= 15 is 0 Å². The number of benzene rings is 1. The fourth-order valence-corrected chi connectivity index (χ4v) is 0.782. The zero-order valence-electron chi connectivity index (χ0n) is 6.97. The molecule has 0 aliphatic carbocycles. The van der Waals surface area contributed by atoms with Gasteiger partial charge in [0.05, 0.1) is 5.97 Å². The summed E-state index contributed by atoms with van der Waals surface area (Å²) in [5.41, 5.74) is 8.04. The van der Waals surface area contributed by atoms with Crippen LogP contribution in [-0.4, -0.2) is 5.97 Å². The zero-order valence-corrected chi connectivity index (χ0v) is 8.97. The SMILES string of the molecule is [N-]=[N+]=Nc1ccccc1C(=O)[O-].[Na+]. The first-order valence-corrected chi connectivity index (χ1v) is 3.11. The van der Waals surface area contributed by atoms with Gasteiger partial charge in [0, 0.05) is 16.2 Å². The van der Waals surface area contributed by atoms with Gasteiger partial charge in [-0.15, -0.1) is 0 Å². The third-order valence-electron chi connectivity index (χ3n) is 1.28. The number of aromatic carboxylic acids is 1. The van der Waals surface area contributed by atoms with Crippen molar-refractivity contribution in [1.82, 2.24) is 0 Å². The van der Waals surface area contributed by atoms with E-state index in [0.717, 1.165) is 0 Å². The summed E-state index contributed by atoms with van der Waals surface area (Å²) >= 11 is 0. The molecule has 13 heavy (non-hydrogen) atoms. The first-order chi connectivity index (χ1) is 5.75. The maximum atomic E-state index is 10.4. The van der Waals surface area contributed by atoms with Crippen molar-refractivity contribution in [3.63, 3.8) is 0 Å². The second-order valence-corrected chi connectivity index (χ2v) is 1.99. The van der Waals surface area contributed by atoms with Crippen LogP contribution in [0, 0.1) is 0 Å². The topological polar surface area (TPSA) is 88.9 Å². The average molecular weight is 185 g/mol. The van der Waals surface area contributed by atoms with Crippen molar-refractivity contribution in [2.75, 3.05) is 0 Å². The molecule has 1 rings (SSSR count). The Hall–Kier alpha value is -1.000. The zero-order chi connectivity index (χ0) is 8.97. The number of nitrogens with zero attached hydrogens (tertiary/aromatic N) is 3. The molecule has 0 spiro atoms. The Balaban J connectivity index is 0.00000144. The second-order valence-electron chi connectivity index (χ2n) is 1.99. The standard InChI is InChI=1S/C7H5N3O2.Na/c8-10-9-6-4-2-1-3-5(6)7(11)12;/h1-4H,(H,11,12);/q;+1/p-1. The molecule has 0 saturated heterocycles. The van der Waals surface area contributed by atoms with Gasteiger partial charge >= 0.3 is 29.6 Å². The van der Waals surface area contributed by atoms with Crippen LogP contribution in [0.2, 0.25) is 0 Å². The summed E-state index contributed by atoms with van der Waals surface area (Å²) in [5, 5.41) is 13.6. The van der Waals surface area contributed by atoms with Gasteiger partial charge in [-0.2, -0.15) is 0 Å². The Kier molecular flexibility index (Phi) is 5.18. The molecule has 0 aliphatic rings. The van der Waals surface area contributed by atoms with Gasteiger partial charge in [-0.1, -0.05) is 29.4 Å². The number of azide groups is 1. The van der Waals surface area contributed by atoms with Gasteiger partial charge in [0.25, 0.3) is 0 Å². The molecule has 0 fully saturated rings. The van der Waals surface area contributed by atoms with E-state index in [4.69, 9.17) is 5.53 Å². The molecule has 0 aromatic heterocycles. The van der Waals surface area contributed by atoms with Crippen molar-refractivity contribution in [2.24, 2.45) is 5.11 Å². The monoisotopic (exact) mass is 185 g/mol. The minimum absolute atomic E-state index is 0. The molecule has 0 N–H and O–H groups in total. The van der Waals surface area contributed by atoms with Gasteiger partial charge in [-0.3, -0.25) is 0 Å². The van der Waals surface area contributed by atoms with Crippen LogP contribution in [-0.2, 0) is 0 Å². The van der Waals surface area contributed by atoms with Crippen LogP contribution < -0.4 is 34.7 Å². The van der Waals surface area contributed by atoms with Crippen LogP contribution in [0.4, 0.5) is 5.69 Å². The number of carboxylic acids is 1. The molecule has 0 unspecified atom stereocenters. The maximum absolute atomic E-state index is 10.4. The number of carbonyl (C=O) groups is 1. The fraction of sp³-hybridized carbons (Fsp3) is 0. The molecule has 0 heterocycles. The molecular formula is C7H4N3NaO2. The van der Waals surface area contributed by atoms with Crippen molar-refractivity contribution in [3.8, 4) is 0 Å². The first kappa shape index (κ1) is 12.0. The Morgan fingerprint density at radius 3 is 2.62 bits per heavy atom. The van der Waals surface area contributed by atoms with Crippen molar-refractivity contribution < 1.29 is 39.5 Å². The molecule has 0 aliphatic heterocycles. The van der Waals surface area contributed by atoms with E-state index in [1.165, 1.54) is 18.2 Å². The van der Waals surface area contributed by atoms with Crippen molar-refractivity contribution in [1.29, 1.82) is 0 Å². The van der Waals surface area contributed by atoms with Crippen molar-refractivity contribution in [2.45, 2.75) is 0 Å². The van der Waals surface area contributed by atoms with Crippen LogP contribution >= 0.6 is 0 Å². The summed E-state index contributed by atoms with van der Waals surface area (Å²) in [6.45, 7) is 0. The quantitative estimate of drug-likeness (QED) is 0.231. The molecule has 60 valence electrons. The van der Waals surface area contributed by atoms with Crippen LogP contribution in [0.1, 0.15) is 10.4 Å². The van der Waals surface area contributed by atoms with E-state index < -0.39 is 5.97 Å². The summed E-state index contributed by atoms with van der Waals surface area (Å²) in [6, 6.07) is 5.84. The molecule has 0 bridgehead atoms. The summed E-state index contributed by atoms with van der Waals surface area (Å²) in [4.78, 5) is 12.9. The van der Waals surface area contributed by atoms with Crippen LogP contribution in [0.25, 0.3) is 10.4 Å². The van der Waals surface area contributed by atoms with E-state index in [-0.39, 0.29) is 40.8 Å². The van der Waals surface area contributed by atoms with E-state index in [9.17, 15) is 9.90 Å². The van der Waals surface area contributed by atoms with E-state index in [2.05, 4.69) is 10.0 Å². The Morgan fingerprint density at radius 1 is 1.46 bits per heavy atom. The number of hydrogen-bond donors (Lipinski definition) is 0. The van der Waals surface area contributed by atoms with E-state index in [0.29, 0.717) is 0 Å².